The first kappa shape index (κ1) is 5.23. The second-order valence-electron chi connectivity index (χ2n) is 2.11. The van der Waals surface area contributed by atoms with E-state index in [2.05, 4.69) is 5.67 Å². The Hall–Kier alpha value is 0.0869. The number of hydrogen-bond acceptors (Lipinski definition) is 0. The van der Waals surface area contributed by atoms with Crippen molar-refractivity contribution in [2.75, 3.05) is 0 Å². The van der Waals surface area contributed by atoms with Crippen molar-refractivity contribution in [3.05, 3.63) is 0 Å². The molecule has 0 fully saturated rings. The normalized spacial score (nSPS) is 21.7. The van der Waals surface area contributed by atoms with E-state index >= 15 is 0 Å². The molecule has 0 radical (unpaired) electrons. The number of rotatable bonds is 0. The van der Waals surface area contributed by atoms with Gasteiger partial charge in [0.05, 0.1) is 0 Å². The van der Waals surface area contributed by atoms with Gasteiger partial charge in [0.15, 0.2) is 0 Å². The summed E-state index contributed by atoms with van der Waals surface area (Å²) in [6.07, 6.45) is 5.87. The highest BCUT2D eigenvalue weighted by atomic mass is 28.2. The topological polar surface area (TPSA) is 0 Å². The van der Waals surface area contributed by atoms with Crippen molar-refractivity contribution in [1.29, 1.82) is 0 Å². The van der Waals surface area contributed by atoms with Gasteiger partial charge in [-0.2, -0.15) is 0 Å². The van der Waals surface area contributed by atoms with Gasteiger partial charge in [0.25, 0.3) is 0 Å². The van der Waals surface area contributed by atoms with E-state index in [-0.39, 0.29) is 0 Å². The van der Waals surface area contributed by atoms with Crippen molar-refractivity contribution in [3.63, 3.8) is 0 Å². The maximum absolute atomic E-state index is 2.51. The average Bonchev–Trinajstić information content (AvgIpc) is 1.90. The molecule has 0 bridgehead atoms. The van der Waals surface area contributed by atoms with Crippen molar-refractivity contribution in [1.82, 2.24) is 0 Å². The fraction of sp³-hybridized carbons (Fsp3) is 0.833. The lowest BCUT2D eigenvalue weighted by atomic mass is 10.2. The number of hydrogen-bond donors (Lipinski definition) is 0. The lowest BCUT2D eigenvalue weighted by Gasteiger charge is -1.86. The standard InChI is InChI=1S/C6H12Si/c1-2-4-6-7-5-3-1/h5,7H,1-4,6H2. The lowest BCUT2D eigenvalue weighted by molar-refractivity contribution is 0.753. The molecule has 0 N–H and O–H groups in total. The Morgan fingerprint density at radius 2 is 2.14 bits per heavy atom. The van der Waals surface area contributed by atoms with Crippen LogP contribution in [0.1, 0.15) is 25.7 Å². The van der Waals surface area contributed by atoms with Gasteiger partial charge >= 0.3 is 0 Å². The summed E-state index contributed by atoms with van der Waals surface area (Å²) in [6, 6.07) is 1.53. The molecule has 0 aromatic rings. The molecule has 1 rings (SSSR count). The van der Waals surface area contributed by atoms with Crippen LogP contribution in [0.3, 0.4) is 0 Å². The lowest BCUT2D eigenvalue weighted by Crippen LogP contribution is -1.75. The van der Waals surface area contributed by atoms with E-state index in [9.17, 15) is 0 Å². The maximum Gasteiger partial charge on any atom is -0.0119 e. The van der Waals surface area contributed by atoms with Crippen molar-refractivity contribution in [2.45, 2.75) is 31.7 Å². The fourth-order valence-corrected chi connectivity index (χ4v) is 2.17. The van der Waals surface area contributed by atoms with E-state index in [1.54, 1.807) is 0 Å². The van der Waals surface area contributed by atoms with Crippen LogP contribution >= 0.6 is 0 Å². The van der Waals surface area contributed by atoms with Crippen molar-refractivity contribution < 1.29 is 0 Å². The Balaban J connectivity index is 2.20. The van der Waals surface area contributed by atoms with Crippen LogP contribution in [0.25, 0.3) is 0 Å². The molecule has 0 aliphatic carbocycles. The van der Waals surface area contributed by atoms with Crippen LogP contribution in [-0.4, -0.2) is 14.8 Å². The Kier molecular flexibility index (Phi) is 2.34. The van der Waals surface area contributed by atoms with Gasteiger partial charge in [0.1, 0.15) is 0 Å². The molecule has 0 unspecified atom stereocenters. The third-order valence-electron chi connectivity index (χ3n) is 1.41. The molecule has 0 spiro atoms. The summed E-state index contributed by atoms with van der Waals surface area (Å²) in [4.78, 5) is 0. The van der Waals surface area contributed by atoms with Gasteiger partial charge in [-0.05, 0) is 21.6 Å². The zero-order valence-corrected chi connectivity index (χ0v) is 5.84. The molecule has 40 valence electrons. The predicted molar refractivity (Wildman–Crippen MR) is 36.5 cm³/mol. The first-order valence-corrected chi connectivity index (χ1v) is 4.63. The minimum absolute atomic E-state index is 0.759. The van der Waals surface area contributed by atoms with Crippen LogP contribution in [0, 0.1) is 0 Å². The van der Waals surface area contributed by atoms with Crippen LogP contribution in [0.5, 0.6) is 0 Å². The second kappa shape index (κ2) is 3.14. The molecule has 1 heterocycles. The van der Waals surface area contributed by atoms with Gasteiger partial charge in [-0.25, -0.2) is 0 Å². The molecule has 1 aliphatic rings. The Morgan fingerprint density at radius 1 is 1.14 bits per heavy atom. The predicted octanol–water partition coefficient (Wildman–Crippen LogP) is 1.22. The van der Waals surface area contributed by atoms with Crippen molar-refractivity contribution in [2.24, 2.45) is 0 Å². The third kappa shape index (κ3) is 2.02. The molecule has 1 aliphatic heterocycles. The third-order valence-corrected chi connectivity index (χ3v) is 2.82. The molecule has 0 amide bonds. The van der Waals surface area contributed by atoms with E-state index in [1.807, 2.05) is 0 Å². The summed E-state index contributed by atoms with van der Waals surface area (Å²) >= 11 is 0. The second-order valence-corrected chi connectivity index (χ2v) is 3.63. The molecule has 0 atom stereocenters. The highest BCUT2D eigenvalue weighted by Gasteiger charge is 1.89. The quantitative estimate of drug-likeness (QED) is 0.413. The monoisotopic (exact) mass is 112 g/mol. The molecule has 1 heteroatoms. The average molecular weight is 112 g/mol. The van der Waals surface area contributed by atoms with E-state index in [1.165, 1.54) is 31.7 Å². The van der Waals surface area contributed by atoms with Crippen molar-refractivity contribution >= 4 is 14.8 Å². The smallest absolute Gasteiger partial charge is 0.0119 e. The highest BCUT2D eigenvalue weighted by molar-refractivity contribution is 6.46. The van der Waals surface area contributed by atoms with Gasteiger partial charge < -0.3 is 0 Å². The molecule has 0 aromatic carbocycles. The SMILES string of the molecule is C1=[SiH]CCCCC1. The summed E-state index contributed by atoms with van der Waals surface area (Å²) in [5.74, 6) is 0. The van der Waals surface area contributed by atoms with Gasteiger partial charge in [-0.1, -0.05) is 19.3 Å². The highest BCUT2D eigenvalue weighted by Crippen LogP contribution is 2.02. The summed E-state index contributed by atoms with van der Waals surface area (Å²) in [7, 11) is 0.759. The van der Waals surface area contributed by atoms with E-state index in [0.29, 0.717) is 0 Å². The molecular formula is C6H12Si. The summed E-state index contributed by atoms with van der Waals surface area (Å²) in [5.41, 5.74) is 2.51. The maximum atomic E-state index is 2.51. The van der Waals surface area contributed by atoms with Gasteiger partial charge in [-0.3, -0.25) is 0 Å². The minimum atomic E-state index is 0.759. The van der Waals surface area contributed by atoms with E-state index in [0.717, 1.165) is 9.13 Å². The van der Waals surface area contributed by atoms with Crippen LogP contribution in [0.4, 0.5) is 0 Å². The summed E-state index contributed by atoms with van der Waals surface area (Å²) < 4.78 is 0. The van der Waals surface area contributed by atoms with Crippen LogP contribution < -0.4 is 0 Å². The van der Waals surface area contributed by atoms with E-state index in [4.69, 9.17) is 0 Å². The minimum Gasteiger partial charge on any atom is -0.106 e. The first-order valence-electron chi connectivity index (χ1n) is 3.15. The molecule has 0 aromatic heterocycles. The summed E-state index contributed by atoms with van der Waals surface area (Å²) in [6.45, 7) is 0. The van der Waals surface area contributed by atoms with Crippen LogP contribution in [-0.2, 0) is 0 Å². The van der Waals surface area contributed by atoms with E-state index < -0.39 is 0 Å². The van der Waals surface area contributed by atoms with Gasteiger partial charge in [-0.15, -0.1) is 5.67 Å². The fourth-order valence-electron chi connectivity index (χ4n) is 0.937. The molecule has 0 nitrogen and oxygen atoms in total. The van der Waals surface area contributed by atoms with Crippen LogP contribution in [0.15, 0.2) is 0 Å². The van der Waals surface area contributed by atoms with Crippen molar-refractivity contribution in [3.8, 4) is 0 Å². The zero-order valence-electron chi connectivity index (χ0n) is 4.69. The molecule has 7 heavy (non-hydrogen) atoms. The Labute approximate surface area is 47.4 Å². The van der Waals surface area contributed by atoms with Gasteiger partial charge in [0, 0.05) is 0 Å². The molecule has 0 saturated carbocycles. The first-order chi connectivity index (χ1) is 3.50. The Bertz CT molecular complexity index is 58.6. The summed E-state index contributed by atoms with van der Waals surface area (Å²) in [5, 5.41) is 0. The molecular weight excluding hydrogens is 100 g/mol. The zero-order chi connectivity index (χ0) is 4.95. The largest absolute Gasteiger partial charge is 0.106 e. The van der Waals surface area contributed by atoms with Gasteiger partial charge in [0.2, 0.25) is 0 Å². The molecule has 0 saturated heterocycles. The van der Waals surface area contributed by atoms with Crippen LogP contribution in [0.2, 0.25) is 6.04 Å². The Morgan fingerprint density at radius 3 is 3.14 bits per heavy atom.